The Hall–Kier alpha value is -4.55. The van der Waals surface area contributed by atoms with E-state index in [1.54, 1.807) is 18.9 Å². The molecule has 0 radical (unpaired) electrons. The van der Waals surface area contributed by atoms with E-state index < -0.39 is 79.2 Å². The van der Waals surface area contributed by atoms with Gasteiger partial charge in [-0.2, -0.15) is 0 Å². The van der Waals surface area contributed by atoms with Gasteiger partial charge in [-0.1, -0.05) is 223 Å². The number of hydrogen-bond acceptors (Lipinski definition) is 12. The third-order valence-corrected chi connectivity index (χ3v) is 20.0. The smallest absolute Gasteiger partial charge is 0.349 e. The first-order chi connectivity index (χ1) is 36.3. The van der Waals surface area contributed by atoms with Crippen LogP contribution in [-0.2, 0) is 79.8 Å². The average Bonchev–Trinajstić information content (AvgIpc) is 3.42. The predicted molar refractivity (Wildman–Crippen MR) is 295 cm³/mol. The van der Waals surface area contributed by atoms with Gasteiger partial charge in [0.15, 0.2) is 6.29 Å². The topological polar surface area (TPSA) is 113 Å². The van der Waals surface area contributed by atoms with Gasteiger partial charge in [-0.15, -0.1) is 0 Å². The fourth-order valence-corrected chi connectivity index (χ4v) is 16.2. The second kappa shape index (κ2) is 27.2. The first-order valence-electron chi connectivity index (χ1n) is 26.1. The molecule has 6 aromatic rings. The molecule has 0 spiro atoms. The van der Waals surface area contributed by atoms with Gasteiger partial charge in [-0.25, -0.2) is 0 Å². The van der Waals surface area contributed by atoms with Crippen molar-refractivity contribution in [2.75, 3.05) is 20.3 Å². The van der Waals surface area contributed by atoms with Gasteiger partial charge in [-0.3, -0.25) is 0 Å². The van der Waals surface area contributed by atoms with Gasteiger partial charge in [0.25, 0.3) is 0 Å². The first-order valence-corrected chi connectivity index (χ1v) is 28.8. The number of ether oxygens (including phenoxy) is 8. The van der Waals surface area contributed by atoms with Gasteiger partial charge in [-0.05, 0) is 39.9 Å². The zero-order valence-electron chi connectivity index (χ0n) is 44.5. The molecule has 2 aliphatic rings. The van der Waals surface area contributed by atoms with Gasteiger partial charge in [0.05, 0.1) is 46.2 Å². The van der Waals surface area contributed by atoms with Crippen LogP contribution in [-0.4, -0.2) is 94.5 Å². The average molecular weight is 1060 g/mol. The maximum Gasteiger partial charge on any atom is 0.349 e. The summed E-state index contributed by atoms with van der Waals surface area (Å²) in [6.45, 7) is 14.6. The SMILES string of the molecule is CO[C@H]1O[C@H](CO[Si](OC[C@H]2O[C@@H](Sc3ccccc3)[C@H](OCc3ccccc3)[C@@H](OCc3ccccc3)[C@@H]2OCc2ccccc2)(C(C)(C)C)C(C)(C)C)[C@@H](O)[C@H](OCc2ccccc2)[C@H]1OCc1ccccc1. The number of aliphatic hydroxyl groups excluding tert-OH is 1. The first kappa shape index (κ1) is 56.6. The van der Waals surface area contributed by atoms with Crippen LogP contribution in [0.15, 0.2) is 187 Å². The van der Waals surface area contributed by atoms with Crippen LogP contribution >= 0.6 is 11.8 Å². The van der Waals surface area contributed by atoms with Crippen LogP contribution in [0.3, 0.4) is 0 Å². The molecule has 0 amide bonds. The molecule has 0 aromatic heterocycles. The number of methoxy groups -OCH3 is 1. The Morgan fingerprint density at radius 3 is 1.17 bits per heavy atom. The molecule has 6 aromatic carbocycles. The van der Waals surface area contributed by atoms with Crippen molar-refractivity contribution in [3.05, 3.63) is 210 Å². The van der Waals surface area contributed by atoms with Crippen molar-refractivity contribution in [3.63, 3.8) is 0 Å². The van der Waals surface area contributed by atoms with Crippen molar-refractivity contribution in [2.45, 2.75) is 150 Å². The summed E-state index contributed by atoms with van der Waals surface area (Å²) in [6.07, 6.45) is -6.99. The number of rotatable bonds is 24. The molecule has 2 heterocycles. The normalized spacial score (nSPS) is 24.5. The molecule has 1 N–H and O–H groups in total. The van der Waals surface area contributed by atoms with E-state index in [1.807, 2.05) is 133 Å². The fraction of sp³-hybridized carbons (Fsp3) is 0.419. The molecule has 11 nitrogen and oxygen atoms in total. The molecule has 0 bridgehead atoms. The van der Waals surface area contributed by atoms with Gasteiger partial charge in [0, 0.05) is 22.1 Å². The molecule has 0 aliphatic carbocycles. The van der Waals surface area contributed by atoms with Crippen LogP contribution < -0.4 is 0 Å². The van der Waals surface area contributed by atoms with E-state index in [4.69, 9.17) is 46.7 Å². The lowest BCUT2D eigenvalue weighted by Crippen LogP contribution is -2.65. The van der Waals surface area contributed by atoms with Gasteiger partial charge in [0.1, 0.15) is 54.3 Å². The molecule has 75 heavy (non-hydrogen) atoms. The Bertz CT molecular complexity index is 2520. The lowest BCUT2D eigenvalue weighted by molar-refractivity contribution is -0.313. The highest BCUT2D eigenvalue weighted by atomic mass is 32.2. The van der Waals surface area contributed by atoms with Crippen LogP contribution in [0.2, 0.25) is 10.1 Å². The molecule has 13 heteroatoms. The zero-order valence-corrected chi connectivity index (χ0v) is 46.3. The van der Waals surface area contributed by atoms with E-state index in [0.717, 1.165) is 32.7 Å². The summed E-state index contributed by atoms with van der Waals surface area (Å²) in [5.41, 5.74) is 4.47. The number of benzene rings is 6. The lowest BCUT2D eigenvalue weighted by atomic mass is 9.98. The minimum atomic E-state index is -3.50. The van der Waals surface area contributed by atoms with E-state index in [0.29, 0.717) is 19.8 Å². The van der Waals surface area contributed by atoms with Crippen LogP contribution in [0, 0.1) is 0 Å². The van der Waals surface area contributed by atoms with Gasteiger partial charge < -0.3 is 51.9 Å². The molecular formula is C62H76O11SSi. The van der Waals surface area contributed by atoms with Crippen LogP contribution in [0.4, 0.5) is 0 Å². The van der Waals surface area contributed by atoms with E-state index in [1.165, 1.54) is 0 Å². The summed E-state index contributed by atoms with van der Waals surface area (Å²) >= 11 is 1.60. The second-order valence-corrected chi connectivity index (χ2v) is 27.3. The van der Waals surface area contributed by atoms with Gasteiger partial charge >= 0.3 is 8.56 Å². The molecule has 2 aliphatic heterocycles. The van der Waals surface area contributed by atoms with E-state index in [-0.39, 0.29) is 26.4 Å². The Morgan fingerprint density at radius 2 is 0.773 bits per heavy atom. The van der Waals surface area contributed by atoms with E-state index >= 15 is 0 Å². The molecular weight excluding hydrogens is 981 g/mol. The van der Waals surface area contributed by atoms with Crippen molar-refractivity contribution in [3.8, 4) is 0 Å². The maximum atomic E-state index is 12.4. The number of hydrogen-bond donors (Lipinski definition) is 1. The lowest BCUT2D eigenvalue weighted by Gasteiger charge is -2.52. The van der Waals surface area contributed by atoms with E-state index in [2.05, 4.69) is 90.1 Å². The Morgan fingerprint density at radius 1 is 0.427 bits per heavy atom. The van der Waals surface area contributed by atoms with Crippen molar-refractivity contribution < 1.29 is 51.9 Å². The zero-order chi connectivity index (χ0) is 52.7. The Balaban J connectivity index is 1.11. The fourth-order valence-electron chi connectivity index (χ4n) is 10.2. The highest BCUT2D eigenvalue weighted by molar-refractivity contribution is 7.99. The minimum Gasteiger partial charge on any atom is -0.391 e. The standard InChI is InChI=1S/C62H76O11SSi/c1-61(2,3)75(62(4,5)6,70-43-51-53(63)55(66-39-46-28-16-9-17-29-46)57(59(64-7)72-51)68-41-48-32-20-11-21-33-48)71-44-52-54(65-38-45-26-14-8-15-27-45)56(67-40-47-30-18-10-19-31-47)58(69-42-49-34-22-12-23-35-49)60(73-52)74-50-36-24-13-25-37-50/h8-37,51-60,63H,38-44H2,1-7H3/t51-,52-,53-,54-,55+,56+,57-,58-,59+,60+/m1/s1. The van der Waals surface area contributed by atoms with Crippen LogP contribution in [0.5, 0.6) is 0 Å². The highest BCUT2D eigenvalue weighted by Crippen LogP contribution is 2.53. The summed E-state index contributed by atoms with van der Waals surface area (Å²) < 4.78 is 69.2. The van der Waals surface area contributed by atoms with Crippen molar-refractivity contribution in [2.24, 2.45) is 0 Å². The summed E-state index contributed by atoms with van der Waals surface area (Å²) in [6, 6.07) is 60.5. The van der Waals surface area contributed by atoms with Gasteiger partial charge in [0.2, 0.25) is 0 Å². The monoisotopic (exact) mass is 1060 g/mol. The van der Waals surface area contributed by atoms with Crippen LogP contribution in [0.25, 0.3) is 0 Å². The maximum absolute atomic E-state index is 12.4. The second-order valence-electron chi connectivity index (χ2n) is 21.3. The molecule has 2 fully saturated rings. The number of aliphatic hydroxyl groups is 1. The van der Waals surface area contributed by atoms with Crippen LogP contribution in [0.1, 0.15) is 69.4 Å². The Labute approximate surface area is 450 Å². The van der Waals surface area contributed by atoms with Crippen molar-refractivity contribution in [1.82, 2.24) is 0 Å². The molecule has 0 unspecified atom stereocenters. The molecule has 8 rings (SSSR count). The minimum absolute atomic E-state index is 0.0114. The molecule has 10 atom stereocenters. The molecule has 0 saturated carbocycles. The summed E-state index contributed by atoms with van der Waals surface area (Å²) in [7, 11) is -1.92. The number of thioether (sulfide) groups is 1. The highest BCUT2D eigenvalue weighted by Gasteiger charge is 2.60. The predicted octanol–water partition coefficient (Wildman–Crippen LogP) is 12.2. The quantitative estimate of drug-likeness (QED) is 0.0583. The summed E-state index contributed by atoms with van der Waals surface area (Å²) in [5, 5.41) is 11.4. The van der Waals surface area contributed by atoms with E-state index in [9.17, 15) is 5.11 Å². The third-order valence-electron chi connectivity index (χ3n) is 13.7. The Kier molecular flexibility index (Phi) is 20.5. The molecule has 400 valence electrons. The summed E-state index contributed by atoms with van der Waals surface area (Å²) in [5.74, 6) is 0. The molecule has 2 saturated heterocycles. The van der Waals surface area contributed by atoms with Crippen molar-refractivity contribution in [1.29, 1.82) is 0 Å². The summed E-state index contributed by atoms with van der Waals surface area (Å²) in [4.78, 5) is 1.02. The largest absolute Gasteiger partial charge is 0.391 e. The van der Waals surface area contributed by atoms with Crippen molar-refractivity contribution >= 4 is 20.3 Å². The third kappa shape index (κ3) is 15.1.